The quantitative estimate of drug-likeness (QED) is 0.438. The summed E-state index contributed by atoms with van der Waals surface area (Å²) in [4.78, 5) is 6.83. The number of benzene rings is 2. The van der Waals surface area contributed by atoms with E-state index < -0.39 is 10.0 Å². The van der Waals surface area contributed by atoms with Gasteiger partial charge in [-0.1, -0.05) is 12.1 Å². The highest BCUT2D eigenvalue weighted by molar-refractivity contribution is 7.89. The molecule has 4 rings (SSSR count). The Balaban J connectivity index is 1.24. The maximum Gasteiger partial charge on any atom is 0.243 e. The summed E-state index contributed by atoms with van der Waals surface area (Å²) in [5.41, 5.74) is 0. The van der Waals surface area contributed by atoms with Gasteiger partial charge in [0, 0.05) is 43.3 Å². The number of aromatic nitrogens is 1. The molecule has 8 heteroatoms. The van der Waals surface area contributed by atoms with Crippen molar-refractivity contribution in [2.75, 3.05) is 39.8 Å². The molecule has 33 heavy (non-hydrogen) atoms. The van der Waals surface area contributed by atoms with E-state index in [1.807, 2.05) is 6.07 Å². The highest BCUT2D eigenvalue weighted by Gasteiger charge is 2.27. The molecule has 1 aliphatic rings. The van der Waals surface area contributed by atoms with Crippen LogP contribution in [0.15, 0.2) is 65.8 Å². The number of rotatable bonds is 9. The molecule has 1 fully saturated rings. The Hall–Kier alpha value is -2.55. The highest BCUT2D eigenvalue weighted by Crippen LogP contribution is 2.26. The van der Waals surface area contributed by atoms with E-state index in [0.717, 1.165) is 44.3 Å². The maximum absolute atomic E-state index is 13.3. The smallest absolute Gasteiger partial charge is 0.243 e. The second-order valence-corrected chi connectivity index (χ2v) is 10.6. The van der Waals surface area contributed by atoms with E-state index in [0.29, 0.717) is 35.1 Å². The third kappa shape index (κ3) is 5.88. The van der Waals surface area contributed by atoms with Gasteiger partial charge in [0.15, 0.2) is 0 Å². The van der Waals surface area contributed by atoms with Crippen LogP contribution in [-0.4, -0.2) is 62.4 Å². The molecule has 3 aromatic rings. The second-order valence-electron chi connectivity index (χ2n) is 8.58. The summed E-state index contributed by atoms with van der Waals surface area (Å²) < 4.78 is 46.6. The summed E-state index contributed by atoms with van der Waals surface area (Å²) in [6.45, 7) is 3.95. The van der Waals surface area contributed by atoms with Crippen molar-refractivity contribution in [3.63, 3.8) is 0 Å². The van der Waals surface area contributed by atoms with E-state index in [1.165, 1.54) is 16.4 Å². The van der Waals surface area contributed by atoms with Gasteiger partial charge in [-0.05, 0) is 74.7 Å². The molecule has 0 aliphatic carbocycles. The van der Waals surface area contributed by atoms with Crippen molar-refractivity contribution in [1.29, 1.82) is 0 Å². The minimum atomic E-state index is -3.57. The average Bonchev–Trinajstić information content (AvgIpc) is 2.83. The fourth-order valence-corrected chi connectivity index (χ4v) is 5.81. The zero-order chi connectivity index (χ0) is 23.3. The van der Waals surface area contributed by atoms with Crippen molar-refractivity contribution in [2.24, 2.45) is 5.92 Å². The molecule has 1 aliphatic heterocycles. The molecule has 0 saturated carbocycles. The second kappa shape index (κ2) is 10.6. The Morgan fingerprint density at radius 1 is 1.12 bits per heavy atom. The van der Waals surface area contributed by atoms with E-state index in [2.05, 4.69) is 9.88 Å². The van der Waals surface area contributed by atoms with Crippen LogP contribution in [0.1, 0.15) is 19.3 Å². The number of nitrogens with zero attached hydrogens (tertiary/aromatic N) is 3. The molecular formula is C25H30FN3O3S. The van der Waals surface area contributed by atoms with Crippen LogP contribution in [0.4, 0.5) is 4.39 Å². The molecule has 1 saturated heterocycles. The molecule has 0 radical (unpaired) electrons. The summed E-state index contributed by atoms with van der Waals surface area (Å²) in [7, 11) is -1.90. The Morgan fingerprint density at radius 2 is 1.88 bits per heavy atom. The SMILES string of the molecule is CN(CC1CCN(CCCOc2ccc(F)cc2)CC1)S(=O)(=O)c1cccc2cnccc12. The lowest BCUT2D eigenvalue weighted by Gasteiger charge is -2.33. The highest BCUT2D eigenvalue weighted by atomic mass is 32.2. The largest absolute Gasteiger partial charge is 0.494 e. The Kier molecular flexibility index (Phi) is 7.57. The molecule has 176 valence electrons. The molecule has 0 atom stereocenters. The summed E-state index contributed by atoms with van der Waals surface area (Å²) >= 11 is 0. The third-order valence-corrected chi connectivity index (χ3v) is 8.13. The van der Waals surface area contributed by atoms with Gasteiger partial charge in [0.05, 0.1) is 11.5 Å². The first kappa shape index (κ1) is 23.6. The first-order valence-corrected chi connectivity index (χ1v) is 12.8. The number of hydrogen-bond acceptors (Lipinski definition) is 5. The van der Waals surface area contributed by atoms with Gasteiger partial charge in [-0.15, -0.1) is 0 Å². The van der Waals surface area contributed by atoms with E-state index >= 15 is 0 Å². The molecule has 0 bridgehead atoms. The number of likely N-dealkylation sites (tertiary alicyclic amines) is 1. The number of piperidine rings is 1. The lowest BCUT2D eigenvalue weighted by Crippen LogP contribution is -2.40. The molecule has 0 spiro atoms. The maximum atomic E-state index is 13.3. The van der Waals surface area contributed by atoms with E-state index in [-0.39, 0.29) is 5.82 Å². The molecule has 0 amide bonds. The number of halogens is 1. The van der Waals surface area contributed by atoms with Gasteiger partial charge < -0.3 is 9.64 Å². The minimum absolute atomic E-state index is 0.266. The normalized spacial score (nSPS) is 15.8. The molecule has 2 heterocycles. The predicted octanol–water partition coefficient (Wildman–Crippen LogP) is 4.18. The standard InChI is InChI=1S/C25H30FN3O3S/c1-28(33(30,31)25-5-2-4-21-18-27-13-10-24(21)25)19-20-11-15-29(16-12-20)14-3-17-32-23-8-6-22(26)7-9-23/h2,4-10,13,18,20H,3,11-12,14-17,19H2,1H3. The molecular weight excluding hydrogens is 441 g/mol. The lowest BCUT2D eigenvalue weighted by molar-refractivity contribution is 0.161. The number of hydrogen-bond donors (Lipinski definition) is 0. The monoisotopic (exact) mass is 471 g/mol. The van der Waals surface area contributed by atoms with Crippen LogP contribution < -0.4 is 4.74 Å². The van der Waals surface area contributed by atoms with Gasteiger partial charge >= 0.3 is 0 Å². The zero-order valence-corrected chi connectivity index (χ0v) is 19.7. The van der Waals surface area contributed by atoms with Crippen molar-refractivity contribution in [3.05, 3.63) is 66.7 Å². The van der Waals surface area contributed by atoms with Gasteiger partial charge in [-0.3, -0.25) is 4.98 Å². The van der Waals surface area contributed by atoms with E-state index in [1.54, 1.807) is 49.8 Å². The van der Waals surface area contributed by atoms with Crippen LogP contribution in [0.25, 0.3) is 10.8 Å². The van der Waals surface area contributed by atoms with Crippen LogP contribution >= 0.6 is 0 Å². The fourth-order valence-electron chi connectivity index (χ4n) is 4.35. The van der Waals surface area contributed by atoms with Crippen LogP contribution in [0.5, 0.6) is 5.75 Å². The molecule has 0 N–H and O–H groups in total. The summed E-state index contributed by atoms with van der Waals surface area (Å²) in [5.74, 6) is 0.757. The van der Waals surface area contributed by atoms with Crippen molar-refractivity contribution < 1.29 is 17.5 Å². The van der Waals surface area contributed by atoms with Crippen LogP contribution in [0.2, 0.25) is 0 Å². The Bertz CT molecular complexity index is 1160. The first-order valence-electron chi connectivity index (χ1n) is 11.3. The van der Waals surface area contributed by atoms with Gasteiger partial charge in [0.25, 0.3) is 0 Å². The van der Waals surface area contributed by atoms with Gasteiger partial charge in [0.1, 0.15) is 11.6 Å². The average molecular weight is 472 g/mol. The number of sulfonamides is 1. The van der Waals surface area contributed by atoms with Crippen molar-refractivity contribution >= 4 is 20.8 Å². The summed E-state index contributed by atoms with van der Waals surface area (Å²) in [6, 6.07) is 13.1. The van der Waals surface area contributed by atoms with Gasteiger partial charge in [-0.2, -0.15) is 0 Å². The van der Waals surface area contributed by atoms with Gasteiger partial charge in [-0.25, -0.2) is 17.1 Å². The fraction of sp³-hybridized carbons (Fsp3) is 0.400. The van der Waals surface area contributed by atoms with Crippen LogP contribution in [-0.2, 0) is 10.0 Å². The van der Waals surface area contributed by atoms with Crippen molar-refractivity contribution in [1.82, 2.24) is 14.2 Å². The third-order valence-electron chi connectivity index (χ3n) is 6.25. The van der Waals surface area contributed by atoms with Crippen LogP contribution in [0.3, 0.4) is 0 Å². The predicted molar refractivity (Wildman–Crippen MR) is 127 cm³/mol. The molecule has 2 aromatic carbocycles. The summed E-state index contributed by atoms with van der Waals surface area (Å²) in [5, 5.41) is 1.53. The topological polar surface area (TPSA) is 62.7 Å². The number of pyridine rings is 1. The molecule has 1 aromatic heterocycles. The minimum Gasteiger partial charge on any atom is -0.494 e. The Labute approximate surface area is 195 Å². The first-order chi connectivity index (χ1) is 15.9. The van der Waals surface area contributed by atoms with Crippen molar-refractivity contribution in [2.45, 2.75) is 24.2 Å². The Morgan fingerprint density at radius 3 is 2.64 bits per heavy atom. The van der Waals surface area contributed by atoms with Gasteiger partial charge in [0.2, 0.25) is 10.0 Å². The van der Waals surface area contributed by atoms with Crippen LogP contribution in [0, 0.1) is 11.7 Å². The van der Waals surface area contributed by atoms with E-state index in [4.69, 9.17) is 4.74 Å². The number of ether oxygens (including phenoxy) is 1. The van der Waals surface area contributed by atoms with Crippen molar-refractivity contribution in [3.8, 4) is 5.75 Å². The van der Waals surface area contributed by atoms with E-state index in [9.17, 15) is 12.8 Å². The zero-order valence-electron chi connectivity index (χ0n) is 18.9. The summed E-state index contributed by atoms with van der Waals surface area (Å²) in [6.07, 6.45) is 6.15. The molecule has 0 unspecified atom stereocenters. The lowest BCUT2D eigenvalue weighted by atomic mass is 9.97. The number of fused-ring (bicyclic) bond motifs is 1. The molecule has 6 nitrogen and oxygen atoms in total.